The van der Waals surface area contributed by atoms with Crippen LogP contribution in [-0.4, -0.2) is 55.6 Å². The first-order valence-corrected chi connectivity index (χ1v) is 13.6. The average Bonchev–Trinajstić information content (AvgIpc) is 3.67. The van der Waals surface area contributed by atoms with Crippen molar-refractivity contribution >= 4 is 17.6 Å². The van der Waals surface area contributed by atoms with E-state index in [-0.39, 0.29) is 23.7 Å². The van der Waals surface area contributed by atoms with Gasteiger partial charge < -0.3 is 20.7 Å². The molecule has 10 heteroatoms. The maximum Gasteiger partial charge on any atom is 0.255 e. The molecule has 42 heavy (non-hydrogen) atoms. The van der Waals surface area contributed by atoms with Gasteiger partial charge in [0, 0.05) is 67.7 Å². The molecule has 1 fully saturated rings. The van der Waals surface area contributed by atoms with E-state index in [1.54, 1.807) is 52.6 Å². The summed E-state index contributed by atoms with van der Waals surface area (Å²) in [6.07, 6.45) is 9.19. The zero-order valence-corrected chi connectivity index (χ0v) is 23.0. The van der Waals surface area contributed by atoms with Crippen molar-refractivity contribution in [3.8, 4) is 33.8 Å². The van der Waals surface area contributed by atoms with Crippen LogP contribution < -0.4 is 15.8 Å². The van der Waals surface area contributed by atoms with Crippen LogP contribution in [0, 0.1) is 0 Å². The van der Waals surface area contributed by atoms with Gasteiger partial charge in [-0.1, -0.05) is 24.3 Å². The van der Waals surface area contributed by atoms with Gasteiger partial charge in [-0.2, -0.15) is 5.10 Å². The summed E-state index contributed by atoms with van der Waals surface area (Å²) < 4.78 is 7.52. The number of hydrogen-bond acceptors (Lipinski definition) is 7. The maximum atomic E-state index is 13.2. The molecule has 0 bridgehead atoms. The first kappa shape index (κ1) is 26.7. The van der Waals surface area contributed by atoms with Crippen LogP contribution in [0.4, 0.5) is 5.82 Å². The lowest BCUT2D eigenvalue weighted by Crippen LogP contribution is -2.38. The number of benzene rings is 2. The summed E-state index contributed by atoms with van der Waals surface area (Å²) in [4.78, 5) is 36.3. The van der Waals surface area contributed by atoms with E-state index in [1.165, 1.54) is 0 Å². The molecular weight excluding hydrogens is 530 g/mol. The largest absolute Gasteiger partial charge is 0.457 e. The molecule has 5 aromatic rings. The van der Waals surface area contributed by atoms with Crippen molar-refractivity contribution in [2.75, 3.05) is 18.8 Å². The molecule has 1 aliphatic heterocycles. The fourth-order valence-electron chi connectivity index (χ4n) is 4.96. The van der Waals surface area contributed by atoms with Crippen molar-refractivity contribution < 1.29 is 14.3 Å². The number of rotatable bonds is 7. The fourth-order valence-corrected chi connectivity index (χ4v) is 4.96. The van der Waals surface area contributed by atoms with Crippen LogP contribution in [-0.2, 0) is 7.05 Å². The van der Waals surface area contributed by atoms with E-state index >= 15 is 0 Å². The average molecular weight is 560 g/mol. The molecule has 1 atom stereocenters. The number of aryl methyl sites for hydroxylation is 1. The number of pyridine rings is 2. The number of ether oxygens (including phenoxy) is 1. The monoisotopic (exact) mass is 559 g/mol. The smallest absolute Gasteiger partial charge is 0.255 e. The predicted molar refractivity (Wildman–Crippen MR) is 159 cm³/mol. The molecule has 0 unspecified atom stereocenters. The van der Waals surface area contributed by atoms with E-state index in [0.29, 0.717) is 30.6 Å². The Morgan fingerprint density at radius 2 is 1.60 bits per heavy atom. The van der Waals surface area contributed by atoms with Crippen molar-refractivity contribution in [1.82, 2.24) is 30.0 Å². The Labute approximate surface area is 242 Å². The zero-order chi connectivity index (χ0) is 29.1. The zero-order valence-electron chi connectivity index (χ0n) is 23.0. The van der Waals surface area contributed by atoms with Crippen LogP contribution in [0.3, 0.4) is 0 Å². The number of carbonyl (C=O) groups excluding carboxylic acids is 2. The second kappa shape index (κ2) is 11.5. The second-order valence-corrected chi connectivity index (χ2v) is 10.2. The van der Waals surface area contributed by atoms with E-state index in [9.17, 15) is 9.59 Å². The highest BCUT2D eigenvalue weighted by atomic mass is 16.5. The Hall–Kier alpha value is -5.51. The Bertz CT molecular complexity index is 1720. The number of hydrogen-bond donors (Lipinski definition) is 2. The first-order valence-electron chi connectivity index (χ1n) is 13.6. The standard InChI is InChI=1S/C32H29N7O3/c1-38-19-25(18-36-38)24-16-29(30(33)35-17-24)31(40)37-26-12-15-39(20-26)32(41)23-4-2-21(3-5-23)22-6-8-27(9-7-22)42-28-10-13-34-14-11-28/h2-11,13-14,16-19,26H,12,15,20H2,1H3,(H2,33,35)(H,37,40)/t26-/m1/s1. The van der Waals surface area contributed by atoms with Gasteiger partial charge in [0.1, 0.15) is 17.3 Å². The van der Waals surface area contributed by atoms with Gasteiger partial charge in [0.05, 0.1) is 11.8 Å². The third-order valence-electron chi connectivity index (χ3n) is 7.22. The lowest BCUT2D eigenvalue weighted by molar-refractivity contribution is 0.0783. The fraction of sp³-hybridized carbons (Fsp3) is 0.156. The van der Waals surface area contributed by atoms with Crippen LogP contribution >= 0.6 is 0 Å². The molecule has 1 saturated heterocycles. The Kier molecular flexibility index (Phi) is 7.33. The minimum atomic E-state index is -0.313. The molecule has 4 heterocycles. The van der Waals surface area contributed by atoms with Crippen molar-refractivity contribution in [3.05, 3.63) is 109 Å². The molecule has 1 aliphatic rings. The van der Waals surface area contributed by atoms with E-state index in [1.807, 2.05) is 61.8 Å². The molecule has 0 aliphatic carbocycles. The molecular formula is C32H29N7O3. The highest BCUT2D eigenvalue weighted by molar-refractivity contribution is 6.00. The summed E-state index contributed by atoms with van der Waals surface area (Å²) in [6.45, 7) is 0.967. The summed E-state index contributed by atoms with van der Waals surface area (Å²) in [7, 11) is 1.82. The number of carbonyl (C=O) groups is 2. The number of aromatic nitrogens is 4. The number of anilines is 1. The number of nitrogens with zero attached hydrogens (tertiary/aromatic N) is 5. The number of nitrogen functional groups attached to an aromatic ring is 1. The molecule has 6 rings (SSSR count). The number of amides is 2. The predicted octanol–water partition coefficient (Wildman–Crippen LogP) is 4.56. The number of likely N-dealkylation sites (tertiary alicyclic amines) is 1. The molecule has 3 N–H and O–H groups in total. The van der Waals surface area contributed by atoms with Gasteiger partial charge in [0.2, 0.25) is 0 Å². The lowest BCUT2D eigenvalue weighted by atomic mass is 10.0. The Morgan fingerprint density at radius 1 is 0.905 bits per heavy atom. The SMILES string of the molecule is Cn1cc(-c2cnc(N)c(C(=O)N[C@@H]3CCN(C(=O)c4ccc(-c5ccc(Oc6ccncc6)cc5)cc4)C3)c2)cn1. The van der Waals surface area contributed by atoms with Gasteiger partial charge in [0.25, 0.3) is 11.8 Å². The number of nitrogens with two attached hydrogens (primary N) is 1. The number of nitrogens with one attached hydrogen (secondary N) is 1. The Balaban J connectivity index is 1.06. The van der Waals surface area contributed by atoms with E-state index in [0.717, 1.165) is 33.8 Å². The Morgan fingerprint density at radius 3 is 2.29 bits per heavy atom. The van der Waals surface area contributed by atoms with Crippen LogP contribution in [0.25, 0.3) is 22.3 Å². The summed E-state index contributed by atoms with van der Waals surface area (Å²) in [6, 6.07) is 20.5. The third-order valence-corrected chi connectivity index (χ3v) is 7.22. The molecule has 0 spiro atoms. The van der Waals surface area contributed by atoms with Crippen molar-refractivity contribution in [2.45, 2.75) is 12.5 Å². The summed E-state index contributed by atoms with van der Waals surface area (Å²) >= 11 is 0. The minimum Gasteiger partial charge on any atom is -0.457 e. The molecule has 0 radical (unpaired) electrons. The van der Waals surface area contributed by atoms with Gasteiger partial charge in [-0.05, 0) is 60.0 Å². The molecule has 2 amide bonds. The molecule has 210 valence electrons. The molecule has 3 aromatic heterocycles. The lowest BCUT2D eigenvalue weighted by Gasteiger charge is -2.18. The van der Waals surface area contributed by atoms with Gasteiger partial charge in [0.15, 0.2) is 0 Å². The van der Waals surface area contributed by atoms with Crippen LogP contribution in [0.15, 0.2) is 97.7 Å². The van der Waals surface area contributed by atoms with Gasteiger partial charge in [-0.3, -0.25) is 19.3 Å². The quantitative estimate of drug-likeness (QED) is 0.299. The normalized spacial score (nSPS) is 14.5. The van der Waals surface area contributed by atoms with Crippen LogP contribution in [0.1, 0.15) is 27.1 Å². The van der Waals surface area contributed by atoms with Crippen molar-refractivity contribution in [1.29, 1.82) is 0 Å². The molecule has 10 nitrogen and oxygen atoms in total. The highest BCUT2D eigenvalue weighted by Crippen LogP contribution is 2.27. The minimum absolute atomic E-state index is 0.0702. The van der Waals surface area contributed by atoms with Gasteiger partial charge in [-0.15, -0.1) is 0 Å². The van der Waals surface area contributed by atoms with E-state index in [4.69, 9.17) is 10.5 Å². The molecule has 2 aromatic carbocycles. The second-order valence-electron chi connectivity index (χ2n) is 10.2. The van der Waals surface area contributed by atoms with Gasteiger partial charge >= 0.3 is 0 Å². The summed E-state index contributed by atoms with van der Waals surface area (Å²) in [5, 5.41) is 7.19. The van der Waals surface area contributed by atoms with Crippen LogP contribution in [0.2, 0.25) is 0 Å². The molecule has 0 saturated carbocycles. The third kappa shape index (κ3) is 5.83. The van der Waals surface area contributed by atoms with Crippen molar-refractivity contribution in [3.63, 3.8) is 0 Å². The van der Waals surface area contributed by atoms with Crippen molar-refractivity contribution in [2.24, 2.45) is 7.05 Å². The highest BCUT2D eigenvalue weighted by Gasteiger charge is 2.29. The van der Waals surface area contributed by atoms with Crippen LogP contribution in [0.5, 0.6) is 11.5 Å². The summed E-state index contributed by atoms with van der Waals surface area (Å²) in [5.41, 5.74) is 10.5. The summed E-state index contributed by atoms with van der Waals surface area (Å²) in [5.74, 6) is 1.22. The topological polar surface area (TPSA) is 128 Å². The van der Waals surface area contributed by atoms with E-state index < -0.39 is 0 Å². The van der Waals surface area contributed by atoms with E-state index in [2.05, 4.69) is 20.4 Å². The first-order chi connectivity index (χ1) is 20.4. The maximum absolute atomic E-state index is 13.2. The van der Waals surface area contributed by atoms with Gasteiger partial charge in [-0.25, -0.2) is 4.98 Å².